The van der Waals surface area contributed by atoms with Crippen LogP contribution in [0, 0.1) is 11.3 Å². The van der Waals surface area contributed by atoms with Gasteiger partial charge < -0.3 is 9.30 Å². The van der Waals surface area contributed by atoms with Gasteiger partial charge in [-0.15, -0.1) is 21.5 Å². The minimum absolute atomic E-state index is 0.271. The lowest BCUT2D eigenvalue weighted by molar-refractivity contribution is -0.141. The van der Waals surface area contributed by atoms with Gasteiger partial charge in [0.05, 0.1) is 24.2 Å². The van der Waals surface area contributed by atoms with Gasteiger partial charge in [-0.2, -0.15) is 5.26 Å². The molecule has 3 heterocycles. The van der Waals surface area contributed by atoms with Crippen LogP contribution in [0.2, 0.25) is 0 Å². The van der Waals surface area contributed by atoms with E-state index in [1.54, 1.807) is 17.4 Å². The van der Waals surface area contributed by atoms with Crippen LogP contribution in [0.3, 0.4) is 0 Å². The van der Waals surface area contributed by atoms with Gasteiger partial charge in [0.2, 0.25) is 0 Å². The second-order valence-corrected chi connectivity index (χ2v) is 9.33. The fourth-order valence-corrected chi connectivity index (χ4v) is 5.18. The first kappa shape index (κ1) is 20.6. The zero-order valence-electron chi connectivity index (χ0n) is 17.1. The molecule has 0 radical (unpaired) electrons. The van der Waals surface area contributed by atoms with Crippen molar-refractivity contribution < 1.29 is 9.53 Å². The summed E-state index contributed by atoms with van der Waals surface area (Å²) in [4.78, 5) is 22.8. The molecule has 0 spiro atoms. The summed E-state index contributed by atoms with van der Waals surface area (Å²) in [6, 6.07) is 13.8. The van der Waals surface area contributed by atoms with Crippen LogP contribution in [0.15, 0.2) is 52.0 Å². The Labute approximate surface area is 192 Å². The molecule has 160 valence electrons. The number of fused-ring (bicyclic) bond motifs is 1. The van der Waals surface area contributed by atoms with Gasteiger partial charge in [-0.25, -0.2) is 9.97 Å². The predicted molar refractivity (Wildman–Crippen MR) is 119 cm³/mol. The molecule has 10 heteroatoms. The second kappa shape index (κ2) is 8.68. The van der Waals surface area contributed by atoms with E-state index >= 15 is 0 Å². The molecule has 0 amide bonds. The van der Waals surface area contributed by atoms with Gasteiger partial charge in [0.1, 0.15) is 16.5 Å². The van der Waals surface area contributed by atoms with E-state index in [1.807, 2.05) is 30.3 Å². The Hall–Kier alpha value is -3.29. The largest absolute Gasteiger partial charge is 0.468 e. The van der Waals surface area contributed by atoms with Crippen LogP contribution in [0.5, 0.6) is 0 Å². The van der Waals surface area contributed by atoms with Crippen molar-refractivity contribution in [3.8, 4) is 6.07 Å². The molecule has 0 N–H and O–H groups in total. The van der Waals surface area contributed by atoms with Crippen molar-refractivity contribution in [3.05, 3.63) is 58.2 Å². The van der Waals surface area contributed by atoms with Crippen molar-refractivity contribution in [2.75, 3.05) is 7.11 Å². The third-order valence-corrected chi connectivity index (χ3v) is 6.98. The molecular formula is C22H18N6O2S2. The minimum atomic E-state index is -1.18. The number of rotatable bonds is 7. The molecule has 0 saturated heterocycles. The highest BCUT2D eigenvalue weighted by Gasteiger charge is 2.32. The molecule has 1 unspecified atom stereocenters. The number of esters is 1. The number of nitrogens with zero attached hydrogens (tertiary/aromatic N) is 6. The Morgan fingerprint density at radius 1 is 1.25 bits per heavy atom. The summed E-state index contributed by atoms with van der Waals surface area (Å²) >= 11 is 2.98. The smallest absolute Gasteiger partial charge is 0.329 e. The lowest BCUT2D eigenvalue weighted by Crippen LogP contribution is -2.16. The van der Waals surface area contributed by atoms with Crippen LogP contribution >= 0.6 is 23.1 Å². The summed E-state index contributed by atoms with van der Waals surface area (Å²) in [5.41, 5.74) is 1.56. The van der Waals surface area contributed by atoms with Crippen LogP contribution in [0.4, 0.5) is 0 Å². The molecular weight excluding hydrogens is 444 g/mol. The number of nitriles is 1. The van der Waals surface area contributed by atoms with Crippen molar-refractivity contribution in [1.29, 1.82) is 5.26 Å². The lowest BCUT2D eigenvalue weighted by atomic mass is 10.1. The fourth-order valence-electron chi connectivity index (χ4n) is 3.46. The number of aromatic nitrogens is 5. The molecule has 3 aromatic heterocycles. The monoisotopic (exact) mass is 462 g/mol. The van der Waals surface area contributed by atoms with Gasteiger partial charge in [0.15, 0.2) is 11.1 Å². The molecule has 1 saturated carbocycles. The maximum atomic E-state index is 12.3. The molecule has 8 nitrogen and oxygen atoms in total. The fraction of sp³-hybridized carbons (Fsp3) is 0.273. The molecule has 32 heavy (non-hydrogen) atoms. The number of hydrogen-bond acceptors (Lipinski definition) is 9. The Bertz CT molecular complexity index is 1320. The molecule has 1 fully saturated rings. The molecule has 1 aliphatic rings. The molecule has 1 atom stereocenters. The summed E-state index contributed by atoms with van der Waals surface area (Å²) in [6.07, 6.45) is 2.85. The van der Waals surface area contributed by atoms with Crippen LogP contribution in [0.25, 0.3) is 11.0 Å². The molecule has 5 rings (SSSR count). The highest BCUT2D eigenvalue weighted by Crippen LogP contribution is 2.41. The number of hydrogen-bond donors (Lipinski definition) is 0. The molecule has 1 aromatic carbocycles. The topological polar surface area (TPSA) is 107 Å². The van der Waals surface area contributed by atoms with E-state index in [4.69, 9.17) is 9.72 Å². The van der Waals surface area contributed by atoms with Crippen LogP contribution in [-0.2, 0) is 16.0 Å². The Morgan fingerprint density at radius 3 is 2.69 bits per heavy atom. The maximum Gasteiger partial charge on any atom is 0.329 e. The van der Waals surface area contributed by atoms with E-state index in [2.05, 4.69) is 31.2 Å². The summed E-state index contributed by atoms with van der Waals surface area (Å²) < 4.78 is 7.00. The summed E-state index contributed by atoms with van der Waals surface area (Å²) in [5.74, 6) is -0.944. The van der Waals surface area contributed by atoms with Crippen LogP contribution < -0.4 is 0 Å². The first-order chi connectivity index (χ1) is 15.7. The molecule has 1 aliphatic carbocycles. The number of ether oxygens (including phenoxy) is 1. The van der Waals surface area contributed by atoms with Crippen molar-refractivity contribution in [2.45, 2.75) is 41.4 Å². The summed E-state index contributed by atoms with van der Waals surface area (Å²) in [5, 5.41) is 21.8. The van der Waals surface area contributed by atoms with E-state index in [1.165, 1.54) is 23.7 Å². The number of methoxy groups -OCH3 is 1. The summed E-state index contributed by atoms with van der Waals surface area (Å²) in [7, 11) is 1.26. The molecule has 0 aliphatic heterocycles. The third kappa shape index (κ3) is 3.97. The quantitative estimate of drug-likeness (QED) is 0.377. The molecule has 4 aromatic rings. The Kier molecular flexibility index (Phi) is 5.59. The van der Waals surface area contributed by atoms with Gasteiger partial charge in [-0.1, -0.05) is 18.2 Å². The van der Waals surface area contributed by atoms with Gasteiger partial charge >= 0.3 is 5.97 Å². The van der Waals surface area contributed by atoms with E-state index < -0.39 is 11.9 Å². The van der Waals surface area contributed by atoms with Gasteiger partial charge in [0, 0.05) is 17.3 Å². The van der Waals surface area contributed by atoms with Gasteiger partial charge in [0.25, 0.3) is 0 Å². The maximum absolute atomic E-state index is 12.3. The first-order valence-corrected chi connectivity index (χ1v) is 11.8. The zero-order valence-corrected chi connectivity index (χ0v) is 18.8. The number of para-hydroxylation sites is 2. The standard InChI is InChI=1S/C22H18N6O2S2/c1-30-21(29)15(12-23)19-20(25-17-7-3-2-6-16(17)24-19)32-22-27-26-18(28(22)13-8-9-13)11-14-5-4-10-31-14/h2-7,10,13,15H,8-9,11H2,1H3. The molecule has 0 bridgehead atoms. The Morgan fingerprint density at radius 2 is 2.03 bits per heavy atom. The van der Waals surface area contributed by atoms with Crippen molar-refractivity contribution in [3.63, 3.8) is 0 Å². The number of carbonyl (C=O) groups excluding carboxylic acids is 1. The van der Waals surface area contributed by atoms with E-state index in [-0.39, 0.29) is 5.69 Å². The normalized spacial score (nSPS) is 14.2. The van der Waals surface area contributed by atoms with Crippen molar-refractivity contribution in [2.24, 2.45) is 0 Å². The van der Waals surface area contributed by atoms with Crippen LogP contribution in [-0.4, -0.2) is 37.8 Å². The van der Waals surface area contributed by atoms with E-state index in [9.17, 15) is 10.1 Å². The first-order valence-electron chi connectivity index (χ1n) is 10.1. The van der Waals surface area contributed by atoms with Gasteiger partial charge in [-0.3, -0.25) is 4.79 Å². The summed E-state index contributed by atoms with van der Waals surface area (Å²) in [6.45, 7) is 0. The third-order valence-electron chi connectivity index (χ3n) is 5.15. The van der Waals surface area contributed by atoms with Gasteiger partial charge in [-0.05, 0) is 48.2 Å². The zero-order chi connectivity index (χ0) is 22.1. The highest BCUT2D eigenvalue weighted by molar-refractivity contribution is 7.99. The van der Waals surface area contributed by atoms with E-state index in [0.29, 0.717) is 33.7 Å². The average molecular weight is 463 g/mol. The Balaban J connectivity index is 1.58. The highest BCUT2D eigenvalue weighted by atomic mass is 32.2. The lowest BCUT2D eigenvalue weighted by Gasteiger charge is -2.13. The number of carbonyl (C=O) groups is 1. The average Bonchev–Trinajstić information content (AvgIpc) is 3.37. The van der Waals surface area contributed by atoms with Crippen molar-refractivity contribution >= 4 is 40.1 Å². The second-order valence-electron chi connectivity index (χ2n) is 7.35. The predicted octanol–water partition coefficient (Wildman–Crippen LogP) is 4.14. The SMILES string of the molecule is COC(=O)C(C#N)c1nc2ccccc2nc1Sc1nnc(Cc2cccs2)n1C1CC1. The van der Waals surface area contributed by atoms with Crippen LogP contribution in [0.1, 0.15) is 41.2 Å². The number of thiophene rings is 1. The van der Waals surface area contributed by atoms with E-state index in [0.717, 1.165) is 18.7 Å². The number of benzene rings is 1. The van der Waals surface area contributed by atoms with Crippen molar-refractivity contribution in [1.82, 2.24) is 24.7 Å². The minimum Gasteiger partial charge on any atom is -0.468 e.